The van der Waals surface area contributed by atoms with E-state index in [-0.39, 0.29) is 0 Å². The van der Waals surface area contributed by atoms with Gasteiger partial charge < -0.3 is 8.83 Å². The highest BCUT2D eigenvalue weighted by molar-refractivity contribution is 6.34. The molecule has 0 aliphatic heterocycles. The number of furan rings is 2. The van der Waals surface area contributed by atoms with E-state index in [1.54, 1.807) is 0 Å². The summed E-state index contributed by atoms with van der Waals surface area (Å²) in [6.07, 6.45) is 0. The van der Waals surface area contributed by atoms with Crippen molar-refractivity contribution in [3.05, 3.63) is 152 Å². The summed E-state index contributed by atoms with van der Waals surface area (Å²) in [6, 6.07) is 52.1. The molecule has 0 amide bonds. The normalized spacial score (nSPS) is 12.0. The molecule has 50 heavy (non-hydrogen) atoms. The van der Waals surface area contributed by atoms with Gasteiger partial charge >= 0.3 is 0 Å². The number of para-hydroxylation sites is 2. The van der Waals surface area contributed by atoms with Gasteiger partial charge in [0.2, 0.25) is 0 Å². The molecule has 0 N–H and O–H groups in total. The minimum atomic E-state index is 0.600. The summed E-state index contributed by atoms with van der Waals surface area (Å²) in [5.41, 5.74) is 6.19. The Bertz CT molecular complexity index is 3160. The van der Waals surface area contributed by atoms with E-state index in [2.05, 4.69) is 78.9 Å². The molecule has 3 heterocycles. The van der Waals surface area contributed by atoms with E-state index in [1.165, 1.54) is 16.2 Å². The SMILES string of the molecule is c1ccc(-c2nc(-c3ccc4c(ccc5c6oc7ccccc7c6c6ccccc6c45)c3)nc(-c3cccc4oc5ccccc5c34)n2)cc1. The molecule has 8 aromatic carbocycles. The van der Waals surface area contributed by atoms with Crippen LogP contribution in [0.25, 0.3) is 110 Å². The Hall–Kier alpha value is -6.85. The lowest BCUT2D eigenvalue weighted by molar-refractivity contribution is 0.669. The zero-order chi connectivity index (χ0) is 32.8. The number of rotatable bonds is 3. The smallest absolute Gasteiger partial charge is 0.164 e. The number of hydrogen-bond donors (Lipinski definition) is 0. The largest absolute Gasteiger partial charge is 0.456 e. The van der Waals surface area contributed by atoms with E-state index < -0.39 is 0 Å². The molecule has 0 fully saturated rings. The highest BCUT2D eigenvalue weighted by atomic mass is 16.3. The first-order valence-corrected chi connectivity index (χ1v) is 16.7. The average Bonchev–Trinajstić information content (AvgIpc) is 3.77. The summed E-state index contributed by atoms with van der Waals surface area (Å²) in [6.45, 7) is 0. The van der Waals surface area contributed by atoms with Crippen molar-refractivity contribution in [1.29, 1.82) is 0 Å². The van der Waals surface area contributed by atoms with Crippen molar-refractivity contribution < 1.29 is 8.83 Å². The molecular formula is C45H25N3O2. The Morgan fingerprint density at radius 3 is 1.74 bits per heavy atom. The molecule has 11 aromatic rings. The van der Waals surface area contributed by atoms with Gasteiger partial charge in [0.15, 0.2) is 17.5 Å². The van der Waals surface area contributed by atoms with Gasteiger partial charge in [-0.25, -0.2) is 15.0 Å². The highest BCUT2D eigenvalue weighted by Gasteiger charge is 2.20. The van der Waals surface area contributed by atoms with Gasteiger partial charge in [0, 0.05) is 49.0 Å². The Morgan fingerprint density at radius 2 is 0.940 bits per heavy atom. The van der Waals surface area contributed by atoms with Crippen LogP contribution in [-0.2, 0) is 0 Å². The molecule has 5 heteroatoms. The minimum Gasteiger partial charge on any atom is -0.456 e. The summed E-state index contributed by atoms with van der Waals surface area (Å²) in [4.78, 5) is 15.2. The van der Waals surface area contributed by atoms with Gasteiger partial charge in [0.1, 0.15) is 22.3 Å². The van der Waals surface area contributed by atoms with Crippen LogP contribution in [0.2, 0.25) is 0 Å². The van der Waals surface area contributed by atoms with Crippen LogP contribution in [0.1, 0.15) is 0 Å². The van der Waals surface area contributed by atoms with Gasteiger partial charge in [-0.15, -0.1) is 0 Å². The molecule has 0 unspecified atom stereocenters. The Morgan fingerprint density at radius 1 is 0.340 bits per heavy atom. The van der Waals surface area contributed by atoms with Crippen LogP contribution in [-0.4, -0.2) is 15.0 Å². The number of fused-ring (bicyclic) bond motifs is 13. The fraction of sp³-hybridized carbons (Fsp3) is 0. The fourth-order valence-corrected chi connectivity index (χ4v) is 7.67. The van der Waals surface area contributed by atoms with Gasteiger partial charge in [-0.1, -0.05) is 121 Å². The van der Waals surface area contributed by atoms with Crippen LogP contribution in [0, 0.1) is 0 Å². The van der Waals surface area contributed by atoms with Gasteiger partial charge in [-0.3, -0.25) is 0 Å². The molecular weight excluding hydrogens is 615 g/mol. The van der Waals surface area contributed by atoms with E-state index in [4.69, 9.17) is 23.8 Å². The predicted octanol–water partition coefficient (Wildman–Crippen LogP) is 12.1. The van der Waals surface area contributed by atoms with Crippen LogP contribution < -0.4 is 0 Å². The minimum absolute atomic E-state index is 0.600. The van der Waals surface area contributed by atoms with Crippen LogP contribution in [0.4, 0.5) is 0 Å². The van der Waals surface area contributed by atoms with E-state index in [9.17, 15) is 0 Å². The quantitative estimate of drug-likeness (QED) is 0.180. The third kappa shape index (κ3) is 3.92. The Labute approximate surface area is 285 Å². The summed E-state index contributed by atoms with van der Waals surface area (Å²) < 4.78 is 12.8. The van der Waals surface area contributed by atoms with Crippen molar-refractivity contribution in [1.82, 2.24) is 15.0 Å². The predicted molar refractivity (Wildman–Crippen MR) is 203 cm³/mol. The Balaban J connectivity index is 1.16. The highest BCUT2D eigenvalue weighted by Crippen LogP contribution is 2.44. The topological polar surface area (TPSA) is 65.0 Å². The van der Waals surface area contributed by atoms with E-state index in [1.807, 2.05) is 72.8 Å². The second kappa shape index (κ2) is 10.3. The lowest BCUT2D eigenvalue weighted by Crippen LogP contribution is -2.00. The molecule has 0 saturated heterocycles. The maximum absolute atomic E-state index is 6.54. The molecule has 0 spiro atoms. The average molecular weight is 640 g/mol. The lowest BCUT2D eigenvalue weighted by Gasteiger charge is -2.12. The van der Waals surface area contributed by atoms with Crippen molar-refractivity contribution >= 4 is 76.2 Å². The van der Waals surface area contributed by atoms with Crippen molar-refractivity contribution in [2.75, 3.05) is 0 Å². The molecule has 0 atom stereocenters. The molecule has 0 saturated carbocycles. The first kappa shape index (κ1) is 27.1. The number of aromatic nitrogens is 3. The fourth-order valence-electron chi connectivity index (χ4n) is 7.67. The summed E-state index contributed by atoms with van der Waals surface area (Å²) >= 11 is 0. The van der Waals surface area contributed by atoms with E-state index in [0.717, 1.165) is 76.7 Å². The van der Waals surface area contributed by atoms with Crippen LogP contribution in [0.15, 0.2) is 160 Å². The third-order valence-electron chi connectivity index (χ3n) is 9.89. The second-order valence-corrected chi connectivity index (χ2v) is 12.7. The molecule has 5 nitrogen and oxygen atoms in total. The van der Waals surface area contributed by atoms with Crippen LogP contribution >= 0.6 is 0 Å². The van der Waals surface area contributed by atoms with Gasteiger partial charge in [0.25, 0.3) is 0 Å². The number of hydrogen-bond acceptors (Lipinski definition) is 5. The monoisotopic (exact) mass is 639 g/mol. The number of benzene rings is 8. The van der Waals surface area contributed by atoms with E-state index in [0.29, 0.717) is 17.5 Å². The van der Waals surface area contributed by atoms with Crippen LogP contribution in [0.3, 0.4) is 0 Å². The van der Waals surface area contributed by atoms with Gasteiger partial charge in [-0.05, 0) is 51.9 Å². The zero-order valence-electron chi connectivity index (χ0n) is 26.6. The van der Waals surface area contributed by atoms with Crippen molar-refractivity contribution in [2.24, 2.45) is 0 Å². The maximum Gasteiger partial charge on any atom is 0.164 e. The molecule has 0 aliphatic rings. The van der Waals surface area contributed by atoms with Gasteiger partial charge in [-0.2, -0.15) is 0 Å². The number of nitrogens with zero attached hydrogens (tertiary/aromatic N) is 3. The molecule has 0 bridgehead atoms. The standard InChI is InChI=1S/C45H25N3O2/c1-2-11-26(12-3-1)43-46-44(48-45(47-43)35-17-10-20-38-40(35)32-15-6-8-18-36(32)49-38)28-22-23-29-27(25-28)21-24-34-39(29)30-13-4-5-14-31(30)41-33-16-7-9-19-37(33)50-42(34)41/h1-25H. The third-order valence-corrected chi connectivity index (χ3v) is 9.89. The molecule has 0 radical (unpaired) electrons. The Kier molecular flexibility index (Phi) is 5.60. The maximum atomic E-state index is 6.54. The van der Waals surface area contributed by atoms with Crippen molar-refractivity contribution in [2.45, 2.75) is 0 Å². The first-order valence-electron chi connectivity index (χ1n) is 16.7. The summed E-state index contributed by atoms with van der Waals surface area (Å²) in [7, 11) is 0. The van der Waals surface area contributed by atoms with E-state index >= 15 is 0 Å². The lowest BCUT2D eigenvalue weighted by atomic mass is 9.92. The van der Waals surface area contributed by atoms with Crippen molar-refractivity contribution in [3.63, 3.8) is 0 Å². The zero-order valence-corrected chi connectivity index (χ0v) is 26.6. The summed E-state index contributed by atoms with van der Waals surface area (Å²) in [5, 5.41) is 11.2. The van der Waals surface area contributed by atoms with Gasteiger partial charge in [0.05, 0.1) is 0 Å². The van der Waals surface area contributed by atoms with Crippen LogP contribution in [0.5, 0.6) is 0 Å². The second-order valence-electron chi connectivity index (χ2n) is 12.7. The first-order chi connectivity index (χ1) is 24.8. The molecule has 3 aromatic heterocycles. The summed E-state index contributed by atoms with van der Waals surface area (Å²) in [5.74, 6) is 1.83. The van der Waals surface area contributed by atoms with Crippen molar-refractivity contribution in [3.8, 4) is 34.2 Å². The molecule has 0 aliphatic carbocycles. The molecule has 11 rings (SSSR count). The molecule has 232 valence electrons.